The Morgan fingerprint density at radius 2 is 1.47 bits per heavy atom. The van der Waals surface area contributed by atoms with E-state index in [9.17, 15) is 14.4 Å². The average Bonchev–Trinajstić information content (AvgIpc) is 2.35. The number of aromatic carboxylic acids is 2. The molecule has 0 amide bonds. The van der Waals surface area contributed by atoms with Crippen molar-refractivity contribution in [2.24, 2.45) is 0 Å². The maximum atomic E-state index is 10.8. The Balaban J connectivity index is 3.00. The predicted octanol–water partition coefficient (Wildman–Crippen LogP) is 1.14. The van der Waals surface area contributed by atoms with Crippen LogP contribution in [0.2, 0.25) is 0 Å². The van der Waals surface area contributed by atoms with Crippen LogP contribution in [0, 0.1) is 0 Å². The SMILES string of the molecule is C=C(CNc1cc(C(=O)O)cc(C(=O)O)c1)C(=O)O. The number of carboxylic acids is 3. The summed E-state index contributed by atoms with van der Waals surface area (Å²) in [5, 5.41) is 28.9. The van der Waals surface area contributed by atoms with Gasteiger partial charge in [-0.25, -0.2) is 14.4 Å². The molecule has 100 valence electrons. The van der Waals surface area contributed by atoms with E-state index in [0.29, 0.717) is 0 Å². The Kier molecular flexibility index (Phi) is 4.25. The molecular weight excluding hydrogens is 254 g/mol. The summed E-state index contributed by atoms with van der Waals surface area (Å²) in [5.41, 5.74) is -0.344. The number of benzene rings is 1. The molecule has 0 aliphatic rings. The summed E-state index contributed by atoms with van der Waals surface area (Å²) < 4.78 is 0. The second-order valence-electron chi connectivity index (χ2n) is 3.67. The molecule has 0 aliphatic carbocycles. The lowest BCUT2D eigenvalue weighted by molar-refractivity contribution is -0.132. The minimum atomic E-state index is -1.27. The van der Waals surface area contributed by atoms with Crippen molar-refractivity contribution in [3.63, 3.8) is 0 Å². The second kappa shape index (κ2) is 5.67. The van der Waals surface area contributed by atoms with E-state index < -0.39 is 17.9 Å². The molecule has 1 aromatic rings. The summed E-state index contributed by atoms with van der Waals surface area (Å²) >= 11 is 0. The van der Waals surface area contributed by atoms with Gasteiger partial charge in [0, 0.05) is 17.8 Å². The Hall–Kier alpha value is -2.83. The lowest BCUT2D eigenvalue weighted by atomic mass is 10.1. The highest BCUT2D eigenvalue weighted by Gasteiger charge is 2.12. The molecule has 4 N–H and O–H groups in total. The Morgan fingerprint density at radius 3 is 1.84 bits per heavy atom. The number of carbonyl (C=O) groups is 3. The van der Waals surface area contributed by atoms with Gasteiger partial charge >= 0.3 is 17.9 Å². The summed E-state index contributed by atoms with van der Waals surface area (Å²) in [4.78, 5) is 32.2. The van der Waals surface area contributed by atoms with E-state index in [1.54, 1.807) is 0 Å². The lowest BCUT2D eigenvalue weighted by Crippen LogP contribution is -2.12. The molecule has 19 heavy (non-hydrogen) atoms. The fourth-order valence-electron chi connectivity index (χ4n) is 1.26. The first-order valence-electron chi connectivity index (χ1n) is 5.08. The fraction of sp³-hybridized carbons (Fsp3) is 0.0833. The van der Waals surface area contributed by atoms with Crippen LogP contribution in [0.4, 0.5) is 5.69 Å². The predicted molar refractivity (Wildman–Crippen MR) is 65.6 cm³/mol. The van der Waals surface area contributed by atoms with Crippen molar-refractivity contribution in [3.8, 4) is 0 Å². The number of anilines is 1. The van der Waals surface area contributed by atoms with Crippen molar-refractivity contribution in [1.82, 2.24) is 0 Å². The first kappa shape index (κ1) is 14.2. The molecular formula is C12H11NO6. The zero-order chi connectivity index (χ0) is 14.6. The average molecular weight is 265 g/mol. The molecule has 7 heteroatoms. The van der Waals surface area contributed by atoms with Crippen LogP contribution < -0.4 is 5.32 Å². The van der Waals surface area contributed by atoms with Crippen LogP contribution in [0.1, 0.15) is 20.7 Å². The molecule has 1 rings (SSSR count). The minimum Gasteiger partial charge on any atom is -0.478 e. The number of aliphatic carboxylic acids is 1. The monoisotopic (exact) mass is 265 g/mol. The first-order valence-corrected chi connectivity index (χ1v) is 5.08. The highest BCUT2D eigenvalue weighted by Crippen LogP contribution is 2.16. The molecule has 0 atom stereocenters. The van der Waals surface area contributed by atoms with Crippen molar-refractivity contribution < 1.29 is 29.7 Å². The molecule has 0 heterocycles. The zero-order valence-electron chi connectivity index (χ0n) is 9.71. The van der Waals surface area contributed by atoms with Crippen molar-refractivity contribution >= 4 is 23.6 Å². The molecule has 0 saturated heterocycles. The van der Waals surface area contributed by atoms with Gasteiger partial charge in [-0.2, -0.15) is 0 Å². The Morgan fingerprint density at radius 1 is 1.00 bits per heavy atom. The molecule has 0 spiro atoms. The third kappa shape index (κ3) is 3.84. The third-order valence-electron chi connectivity index (χ3n) is 2.24. The molecule has 0 unspecified atom stereocenters. The summed E-state index contributed by atoms with van der Waals surface area (Å²) in [6.07, 6.45) is 0. The number of hydrogen-bond donors (Lipinski definition) is 4. The van der Waals surface area contributed by atoms with Gasteiger partial charge in [-0.05, 0) is 18.2 Å². The van der Waals surface area contributed by atoms with Crippen molar-refractivity contribution in [3.05, 3.63) is 41.5 Å². The van der Waals surface area contributed by atoms with Crippen LogP contribution in [0.25, 0.3) is 0 Å². The third-order valence-corrected chi connectivity index (χ3v) is 2.24. The number of rotatable bonds is 6. The van der Waals surface area contributed by atoms with Gasteiger partial charge in [0.05, 0.1) is 11.1 Å². The van der Waals surface area contributed by atoms with Gasteiger partial charge < -0.3 is 20.6 Å². The molecule has 0 saturated carbocycles. The number of nitrogens with one attached hydrogen (secondary N) is 1. The Bertz CT molecular complexity index is 531. The van der Waals surface area contributed by atoms with Gasteiger partial charge in [-0.15, -0.1) is 0 Å². The van der Waals surface area contributed by atoms with Crippen LogP contribution >= 0.6 is 0 Å². The highest BCUT2D eigenvalue weighted by molar-refractivity contribution is 5.95. The van der Waals surface area contributed by atoms with Crippen LogP contribution in [0.15, 0.2) is 30.4 Å². The van der Waals surface area contributed by atoms with E-state index in [1.807, 2.05) is 0 Å². The fourth-order valence-corrected chi connectivity index (χ4v) is 1.26. The van der Waals surface area contributed by atoms with Gasteiger partial charge in [0.25, 0.3) is 0 Å². The van der Waals surface area contributed by atoms with Gasteiger partial charge in [-0.1, -0.05) is 6.58 Å². The van der Waals surface area contributed by atoms with E-state index in [4.69, 9.17) is 15.3 Å². The quantitative estimate of drug-likeness (QED) is 0.568. The van der Waals surface area contributed by atoms with E-state index >= 15 is 0 Å². The van der Waals surface area contributed by atoms with Crippen LogP contribution in [0.3, 0.4) is 0 Å². The molecule has 7 nitrogen and oxygen atoms in total. The number of hydrogen-bond acceptors (Lipinski definition) is 4. The lowest BCUT2D eigenvalue weighted by Gasteiger charge is -2.08. The van der Waals surface area contributed by atoms with E-state index in [2.05, 4.69) is 11.9 Å². The molecule has 0 bridgehead atoms. The Labute approximate surface area is 107 Å². The summed E-state index contributed by atoms with van der Waals surface area (Å²) in [6, 6.07) is 3.44. The van der Waals surface area contributed by atoms with Crippen molar-refractivity contribution in [2.45, 2.75) is 0 Å². The van der Waals surface area contributed by atoms with Gasteiger partial charge in [-0.3, -0.25) is 0 Å². The summed E-state index contributed by atoms with van der Waals surface area (Å²) in [7, 11) is 0. The highest BCUT2D eigenvalue weighted by atomic mass is 16.4. The van der Waals surface area contributed by atoms with Crippen molar-refractivity contribution in [2.75, 3.05) is 11.9 Å². The maximum Gasteiger partial charge on any atom is 0.335 e. The summed E-state index contributed by atoms with van der Waals surface area (Å²) in [5.74, 6) is -3.74. The van der Waals surface area contributed by atoms with Crippen LogP contribution in [0.5, 0.6) is 0 Å². The second-order valence-corrected chi connectivity index (χ2v) is 3.67. The first-order chi connectivity index (χ1) is 8.81. The van der Waals surface area contributed by atoms with Gasteiger partial charge in [0.15, 0.2) is 0 Å². The van der Waals surface area contributed by atoms with E-state index in [1.165, 1.54) is 12.1 Å². The molecule has 0 aliphatic heterocycles. The maximum absolute atomic E-state index is 10.8. The zero-order valence-corrected chi connectivity index (χ0v) is 9.71. The molecule has 0 aromatic heterocycles. The minimum absolute atomic E-state index is 0.127. The van der Waals surface area contributed by atoms with Crippen LogP contribution in [-0.4, -0.2) is 39.8 Å². The topological polar surface area (TPSA) is 124 Å². The van der Waals surface area contributed by atoms with Crippen LogP contribution in [-0.2, 0) is 4.79 Å². The molecule has 0 radical (unpaired) electrons. The van der Waals surface area contributed by atoms with E-state index in [0.717, 1.165) is 6.07 Å². The smallest absolute Gasteiger partial charge is 0.335 e. The van der Waals surface area contributed by atoms with Gasteiger partial charge in [0.2, 0.25) is 0 Å². The normalized spacial score (nSPS) is 9.68. The van der Waals surface area contributed by atoms with Gasteiger partial charge in [0.1, 0.15) is 0 Å². The van der Waals surface area contributed by atoms with Crippen molar-refractivity contribution in [1.29, 1.82) is 0 Å². The largest absolute Gasteiger partial charge is 0.478 e. The molecule has 1 aromatic carbocycles. The standard InChI is InChI=1S/C12H11NO6/c1-6(10(14)15)5-13-9-3-7(11(16)17)2-8(4-9)12(18)19/h2-4,13H,1,5H2,(H,14,15)(H,16,17)(H,18,19). The number of carboxylic acid groups (broad SMARTS) is 3. The molecule has 0 fully saturated rings. The van der Waals surface area contributed by atoms with E-state index in [-0.39, 0.29) is 28.9 Å². The summed E-state index contributed by atoms with van der Waals surface area (Å²) in [6.45, 7) is 3.16.